The van der Waals surface area contributed by atoms with E-state index in [0.29, 0.717) is 35.5 Å². The van der Waals surface area contributed by atoms with Gasteiger partial charge in [0.1, 0.15) is 23.0 Å². The fraction of sp³-hybridized carbons (Fsp3) is 0.325. The van der Waals surface area contributed by atoms with E-state index in [-0.39, 0.29) is 13.4 Å². The van der Waals surface area contributed by atoms with Crippen LogP contribution in [0.15, 0.2) is 170 Å². The van der Waals surface area contributed by atoms with E-state index in [2.05, 4.69) is 207 Å². The third-order valence-electron chi connectivity index (χ3n) is 22.2. The quantitative estimate of drug-likeness (QED) is 0.127. The van der Waals surface area contributed by atoms with E-state index in [9.17, 15) is 0 Å². The number of hydrogen-bond acceptors (Lipinski definition) is 4. The summed E-state index contributed by atoms with van der Waals surface area (Å²) in [6.07, 6.45) is 20.4. The molecule has 4 heterocycles. The van der Waals surface area contributed by atoms with Gasteiger partial charge in [0.2, 0.25) is 0 Å². The predicted molar refractivity (Wildman–Crippen MR) is 362 cm³/mol. The van der Waals surface area contributed by atoms with Crippen LogP contribution < -0.4 is 52.1 Å². The molecule has 0 aromatic heterocycles. The molecule has 4 fully saturated rings. The lowest BCUT2D eigenvalue weighted by atomic mass is 9.31. The molecule has 17 rings (SSSR count). The highest BCUT2D eigenvalue weighted by atomic mass is 16.5. The summed E-state index contributed by atoms with van der Waals surface area (Å²) in [5.41, 5.74) is 27.9. The molecule has 0 N–H and O–H groups in total. The molecule has 6 heteroatoms. The summed E-state index contributed by atoms with van der Waals surface area (Å²) >= 11 is 0. The molecule has 0 bridgehead atoms. The third-order valence-corrected chi connectivity index (χ3v) is 22.2. The normalized spacial score (nSPS) is 17.8. The van der Waals surface area contributed by atoms with Crippen LogP contribution in [0.4, 0.5) is 34.1 Å². The van der Waals surface area contributed by atoms with Crippen LogP contribution in [-0.4, -0.2) is 13.4 Å². The van der Waals surface area contributed by atoms with Gasteiger partial charge in [-0.05, 0) is 213 Å². The Kier molecular flexibility index (Phi) is 12.9. The molecular formula is C80H78B2N2O2. The Bertz CT molecular complexity index is 3840. The zero-order valence-corrected chi connectivity index (χ0v) is 50.8. The summed E-state index contributed by atoms with van der Waals surface area (Å²) < 4.78 is 16.0. The Morgan fingerprint density at radius 3 is 1.01 bits per heavy atom. The molecule has 4 aliphatic carbocycles. The van der Waals surface area contributed by atoms with Crippen molar-refractivity contribution in [3.63, 3.8) is 0 Å². The van der Waals surface area contributed by atoms with Crippen molar-refractivity contribution in [2.75, 3.05) is 9.80 Å². The Morgan fingerprint density at radius 2 is 0.663 bits per heavy atom. The minimum absolute atomic E-state index is 0.150. The highest BCUT2D eigenvalue weighted by Gasteiger charge is 2.53. The average molecular weight is 1120 g/mol. The lowest BCUT2D eigenvalue weighted by Crippen LogP contribution is -2.64. The number of ether oxygens (including phenoxy) is 2. The molecule has 0 amide bonds. The van der Waals surface area contributed by atoms with Crippen LogP contribution in [0.1, 0.15) is 199 Å². The van der Waals surface area contributed by atoms with E-state index in [0.717, 1.165) is 45.7 Å². The van der Waals surface area contributed by atoms with Crippen molar-refractivity contribution in [1.29, 1.82) is 0 Å². The minimum atomic E-state index is -0.150. The zero-order chi connectivity index (χ0) is 57.3. The largest absolute Gasteiger partial charge is 0.456 e. The number of rotatable bonds is 10. The first-order chi connectivity index (χ1) is 42.3. The van der Waals surface area contributed by atoms with Gasteiger partial charge >= 0.3 is 0 Å². The van der Waals surface area contributed by atoms with Gasteiger partial charge in [-0.2, -0.15) is 0 Å². The monoisotopic (exact) mass is 1120 g/mol. The molecule has 9 aromatic rings. The van der Waals surface area contributed by atoms with Crippen LogP contribution in [0.3, 0.4) is 0 Å². The first kappa shape index (κ1) is 52.6. The molecule has 9 aromatic carbocycles. The van der Waals surface area contributed by atoms with Gasteiger partial charge in [-0.1, -0.05) is 200 Å². The van der Waals surface area contributed by atoms with Crippen LogP contribution in [-0.2, 0) is 0 Å². The van der Waals surface area contributed by atoms with E-state index in [4.69, 9.17) is 9.47 Å². The lowest BCUT2D eigenvalue weighted by molar-refractivity contribution is 0.477. The maximum Gasteiger partial charge on any atom is 0.256 e. The van der Waals surface area contributed by atoms with E-state index >= 15 is 0 Å². The first-order valence-electron chi connectivity index (χ1n) is 33.4. The van der Waals surface area contributed by atoms with E-state index < -0.39 is 0 Å². The minimum Gasteiger partial charge on any atom is -0.456 e. The zero-order valence-electron chi connectivity index (χ0n) is 50.8. The van der Waals surface area contributed by atoms with Crippen molar-refractivity contribution in [3.8, 4) is 45.3 Å². The molecular weight excluding hydrogens is 1040 g/mol. The summed E-state index contributed by atoms with van der Waals surface area (Å²) in [6.45, 7) is 8.84. The van der Waals surface area contributed by atoms with Crippen molar-refractivity contribution >= 4 is 80.3 Å². The molecule has 0 atom stereocenters. The van der Waals surface area contributed by atoms with E-state index in [1.165, 1.54) is 203 Å². The lowest BCUT2D eigenvalue weighted by Gasteiger charge is -2.47. The highest BCUT2D eigenvalue weighted by molar-refractivity contribution is 7.02. The Morgan fingerprint density at radius 1 is 0.337 bits per heavy atom. The summed E-state index contributed by atoms with van der Waals surface area (Å²) in [5.74, 6) is 6.97. The number of benzene rings is 9. The third kappa shape index (κ3) is 8.60. The van der Waals surface area contributed by atoms with Crippen LogP contribution >= 0.6 is 0 Å². The second kappa shape index (κ2) is 21.0. The average Bonchev–Trinajstić information content (AvgIpc) is 0.828. The second-order valence-corrected chi connectivity index (χ2v) is 27.7. The topological polar surface area (TPSA) is 24.9 Å². The molecule has 0 saturated heterocycles. The fourth-order valence-electron chi connectivity index (χ4n) is 17.4. The first-order valence-corrected chi connectivity index (χ1v) is 33.4. The smallest absolute Gasteiger partial charge is 0.256 e. The van der Waals surface area contributed by atoms with Crippen molar-refractivity contribution in [2.45, 2.75) is 166 Å². The fourth-order valence-corrected chi connectivity index (χ4v) is 17.4. The Labute approximate surface area is 511 Å². The van der Waals surface area contributed by atoms with Gasteiger partial charge in [0.15, 0.2) is 0 Å². The summed E-state index contributed by atoms with van der Waals surface area (Å²) in [7, 11) is 0. The predicted octanol–water partition coefficient (Wildman–Crippen LogP) is 18.7. The summed E-state index contributed by atoms with van der Waals surface area (Å²) in [5, 5.41) is 0. The maximum absolute atomic E-state index is 8.02. The van der Waals surface area contributed by atoms with Crippen LogP contribution in [0.25, 0.3) is 22.3 Å². The Hall–Kier alpha value is -7.69. The second-order valence-electron chi connectivity index (χ2n) is 27.7. The molecule has 4 saturated carbocycles. The van der Waals surface area contributed by atoms with Gasteiger partial charge in [0.05, 0.1) is 11.4 Å². The van der Waals surface area contributed by atoms with Crippen LogP contribution in [0.2, 0.25) is 0 Å². The molecule has 0 radical (unpaired) electrons. The molecule has 426 valence electrons. The van der Waals surface area contributed by atoms with Gasteiger partial charge < -0.3 is 19.3 Å². The Balaban J connectivity index is 0.967. The molecule has 0 spiro atoms. The number of nitrogens with zero attached hydrogens (tertiary/aromatic N) is 2. The van der Waals surface area contributed by atoms with E-state index in [1.807, 2.05) is 0 Å². The molecule has 86 heavy (non-hydrogen) atoms. The molecule has 4 aliphatic heterocycles. The van der Waals surface area contributed by atoms with Gasteiger partial charge in [0, 0.05) is 33.7 Å². The summed E-state index contributed by atoms with van der Waals surface area (Å²) in [6, 6.07) is 67.6. The summed E-state index contributed by atoms with van der Waals surface area (Å²) in [4.78, 5) is 5.25. The van der Waals surface area contributed by atoms with Gasteiger partial charge in [0.25, 0.3) is 13.4 Å². The molecule has 0 unspecified atom stereocenters. The highest BCUT2D eigenvalue weighted by Crippen LogP contribution is 2.55. The standard InChI is InChI=1S/C80H78B2N2O2/c1-49(2)51-21-25-59(26-22-51)63-35-43-73-69(47-63)81-67-45-61(55-17-9-10-18-55)33-41-71(67)83(65-37-29-57(30-38-65)53-13-5-6-14-53)77-75(81)79(85-73)78-76-80(77)86-74-44-36-64(60-27-23-52(24-28-60)50(3)4)48-70(74)82(76)68-46-62(56-19-11-12-20-56)34-42-72(68)84(78)66-39-31-58(32-40-66)54-15-7-8-16-54/h21-50,53-56H,5-20H2,1-4H3. The van der Waals surface area contributed by atoms with Gasteiger partial charge in [-0.25, -0.2) is 0 Å². The number of anilines is 6. The maximum atomic E-state index is 8.02. The van der Waals surface area contributed by atoms with Crippen molar-refractivity contribution in [1.82, 2.24) is 0 Å². The van der Waals surface area contributed by atoms with Crippen molar-refractivity contribution < 1.29 is 9.47 Å². The van der Waals surface area contributed by atoms with Gasteiger partial charge in [-0.3, -0.25) is 0 Å². The van der Waals surface area contributed by atoms with Crippen LogP contribution in [0, 0.1) is 0 Å². The van der Waals surface area contributed by atoms with Gasteiger partial charge in [-0.15, -0.1) is 0 Å². The number of hydrogen-bond donors (Lipinski definition) is 0. The molecule has 8 aliphatic rings. The SMILES string of the molecule is CC(C)c1ccc(-c2ccc3c(c2)B2c4cc(C5CCCC5)ccc4N(c4ccc(C5CCCC5)cc4)c4c5c6c(c(c42)O3)N(c2ccc(C3CCCC3)cc2)c2ccc(C3CCCC3)cc2B6c2cc(-c3ccc(C(C)C)cc3)ccc2O5)cc1. The number of fused-ring (bicyclic) bond motifs is 10. The van der Waals surface area contributed by atoms with Crippen LogP contribution in [0.5, 0.6) is 23.0 Å². The van der Waals surface area contributed by atoms with Crippen molar-refractivity contribution in [3.05, 3.63) is 203 Å². The van der Waals surface area contributed by atoms with E-state index in [1.54, 1.807) is 0 Å². The van der Waals surface area contributed by atoms with Crippen molar-refractivity contribution in [2.24, 2.45) is 0 Å². The molecule has 4 nitrogen and oxygen atoms in total.